The van der Waals surface area contributed by atoms with Gasteiger partial charge in [-0.25, -0.2) is 4.79 Å². The van der Waals surface area contributed by atoms with E-state index in [-0.39, 0.29) is 6.54 Å². The van der Waals surface area contributed by atoms with Gasteiger partial charge in [-0.15, -0.1) is 11.3 Å². The summed E-state index contributed by atoms with van der Waals surface area (Å²) in [5.41, 5.74) is 0.615. The van der Waals surface area contributed by atoms with Crippen LogP contribution in [0.5, 0.6) is 0 Å². The Kier molecular flexibility index (Phi) is 4.72. The van der Waals surface area contributed by atoms with Gasteiger partial charge in [-0.3, -0.25) is 9.59 Å². The highest BCUT2D eigenvalue weighted by atomic mass is 32.1. The quantitative estimate of drug-likeness (QED) is 0.666. The molecule has 0 unspecified atom stereocenters. The number of carboxylic acids is 1. The molecule has 0 aliphatic rings. The van der Waals surface area contributed by atoms with E-state index in [1.54, 1.807) is 17.4 Å². The van der Waals surface area contributed by atoms with Gasteiger partial charge in [0.2, 0.25) is 5.91 Å². The molecule has 21 heavy (non-hydrogen) atoms. The van der Waals surface area contributed by atoms with Gasteiger partial charge in [0.1, 0.15) is 6.54 Å². The number of carbonyl (C=O) groups is 3. The Morgan fingerprint density at radius 1 is 1.10 bits per heavy atom. The van der Waals surface area contributed by atoms with Crippen molar-refractivity contribution in [2.75, 3.05) is 18.4 Å². The fourth-order valence-electron chi connectivity index (χ4n) is 1.62. The number of hydrogen-bond acceptors (Lipinski definition) is 4. The molecule has 1 aromatic carbocycles. The normalized spacial score (nSPS) is 10.1. The molecule has 0 atom stereocenters. The van der Waals surface area contributed by atoms with Gasteiger partial charge in [0.05, 0.1) is 6.54 Å². The van der Waals surface area contributed by atoms with Crippen LogP contribution in [-0.4, -0.2) is 36.1 Å². The number of anilines is 1. The van der Waals surface area contributed by atoms with Crippen molar-refractivity contribution in [2.24, 2.45) is 0 Å². The number of amides is 3. The number of nitrogens with one attached hydrogen (secondary N) is 3. The minimum atomic E-state index is -1.14. The van der Waals surface area contributed by atoms with E-state index in [9.17, 15) is 14.4 Å². The lowest BCUT2D eigenvalue weighted by molar-refractivity contribution is -0.137. The third kappa shape index (κ3) is 4.46. The maximum atomic E-state index is 11.6. The largest absolute Gasteiger partial charge is 0.480 e. The second-order valence-electron chi connectivity index (χ2n) is 4.15. The number of hydrogen-bond donors (Lipinski definition) is 4. The Morgan fingerprint density at radius 3 is 2.67 bits per heavy atom. The van der Waals surface area contributed by atoms with E-state index in [0.29, 0.717) is 5.69 Å². The lowest BCUT2D eigenvalue weighted by Gasteiger charge is -2.07. The summed E-state index contributed by atoms with van der Waals surface area (Å²) in [4.78, 5) is 33.1. The molecule has 0 spiro atoms. The smallest absolute Gasteiger partial charge is 0.322 e. The molecule has 2 aromatic rings. The highest BCUT2D eigenvalue weighted by Gasteiger charge is 2.07. The van der Waals surface area contributed by atoms with Gasteiger partial charge < -0.3 is 21.1 Å². The average molecular weight is 307 g/mol. The molecule has 0 bridgehead atoms. The van der Waals surface area contributed by atoms with Crippen LogP contribution in [0.4, 0.5) is 10.5 Å². The third-order valence-corrected chi connectivity index (χ3v) is 3.45. The van der Waals surface area contributed by atoms with Crippen LogP contribution in [0.3, 0.4) is 0 Å². The van der Waals surface area contributed by atoms with Crippen LogP contribution in [0, 0.1) is 0 Å². The molecule has 8 heteroatoms. The first-order chi connectivity index (χ1) is 10.0. The molecule has 110 valence electrons. The maximum Gasteiger partial charge on any atom is 0.322 e. The molecule has 0 fully saturated rings. The molecule has 7 nitrogen and oxygen atoms in total. The van der Waals surface area contributed by atoms with Crippen LogP contribution < -0.4 is 16.0 Å². The van der Waals surface area contributed by atoms with Crippen LogP contribution >= 0.6 is 11.3 Å². The molecule has 0 aliphatic heterocycles. The highest BCUT2D eigenvalue weighted by Crippen LogP contribution is 2.23. The van der Waals surface area contributed by atoms with Gasteiger partial charge in [0.15, 0.2) is 0 Å². The van der Waals surface area contributed by atoms with Crippen molar-refractivity contribution in [3.05, 3.63) is 29.6 Å². The van der Waals surface area contributed by atoms with Gasteiger partial charge in [0, 0.05) is 10.4 Å². The lowest BCUT2D eigenvalue weighted by atomic mass is 10.2. The molecule has 3 amide bonds. The zero-order valence-electron chi connectivity index (χ0n) is 10.9. The Bertz CT molecular complexity index is 683. The molecule has 0 saturated carbocycles. The number of carboxylic acid groups (broad SMARTS) is 1. The number of rotatable bonds is 5. The Hall–Kier alpha value is -2.61. The van der Waals surface area contributed by atoms with Crippen LogP contribution in [-0.2, 0) is 9.59 Å². The van der Waals surface area contributed by atoms with E-state index in [4.69, 9.17) is 5.11 Å². The molecule has 0 radical (unpaired) electrons. The van der Waals surface area contributed by atoms with Crippen LogP contribution in [0.25, 0.3) is 10.1 Å². The summed E-state index contributed by atoms with van der Waals surface area (Å²) in [7, 11) is 0. The van der Waals surface area contributed by atoms with E-state index in [1.165, 1.54) is 0 Å². The molecular weight excluding hydrogens is 294 g/mol. The number of fused-ring (bicyclic) bond motifs is 1. The fraction of sp³-hybridized carbons (Fsp3) is 0.154. The first-order valence-corrected chi connectivity index (χ1v) is 6.93. The summed E-state index contributed by atoms with van der Waals surface area (Å²) >= 11 is 1.61. The maximum absolute atomic E-state index is 11.6. The summed E-state index contributed by atoms with van der Waals surface area (Å²) in [6, 6.07) is 6.91. The summed E-state index contributed by atoms with van der Waals surface area (Å²) < 4.78 is 1.12. The predicted octanol–water partition coefficient (Wildman–Crippen LogP) is 1.22. The van der Waals surface area contributed by atoms with Crippen LogP contribution in [0.2, 0.25) is 0 Å². The van der Waals surface area contributed by atoms with Crippen molar-refractivity contribution >= 4 is 45.0 Å². The SMILES string of the molecule is O=C(O)CNC(=O)CNC(=O)Nc1ccc2sccc2c1. The number of aliphatic carboxylic acids is 1. The number of benzene rings is 1. The molecule has 2 rings (SSSR count). The van der Waals surface area contributed by atoms with Gasteiger partial charge in [-0.05, 0) is 35.0 Å². The lowest BCUT2D eigenvalue weighted by Crippen LogP contribution is -2.40. The van der Waals surface area contributed by atoms with Crippen molar-refractivity contribution in [3.8, 4) is 0 Å². The van der Waals surface area contributed by atoms with Gasteiger partial charge in [0.25, 0.3) is 0 Å². The van der Waals surface area contributed by atoms with E-state index in [1.807, 2.05) is 23.6 Å². The highest BCUT2D eigenvalue weighted by molar-refractivity contribution is 7.17. The van der Waals surface area contributed by atoms with E-state index < -0.39 is 24.5 Å². The minimum absolute atomic E-state index is 0.292. The second kappa shape index (κ2) is 6.71. The minimum Gasteiger partial charge on any atom is -0.480 e. The monoisotopic (exact) mass is 307 g/mol. The van der Waals surface area contributed by atoms with Crippen molar-refractivity contribution in [2.45, 2.75) is 0 Å². The van der Waals surface area contributed by atoms with Gasteiger partial charge in [-0.2, -0.15) is 0 Å². The number of urea groups is 1. The van der Waals surface area contributed by atoms with Crippen LogP contribution in [0.1, 0.15) is 0 Å². The molecule has 1 aromatic heterocycles. The van der Waals surface area contributed by atoms with E-state index in [2.05, 4.69) is 16.0 Å². The summed E-state index contributed by atoms with van der Waals surface area (Å²) in [5, 5.41) is 18.5. The third-order valence-electron chi connectivity index (χ3n) is 2.56. The van der Waals surface area contributed by atoms with Crippen LogP contribution in [0.15, 0.2) is 29.6 Å². The molecular formula is C13H13N3O4S. The van der Waals surface area contributed by atoms with Crippen molar-refractivity contribution in [3.63, 3.8) is 0 Å². The average Bonchev–Trinajstić information content (AvgIpc) is 2.90. The summed E-state index contributed by atoms with van der Waals surface area (Å²) in [6.45, 7) is -0.767. The van der Waals surface area contributed by atoms with Gasteiger partial charge >= 0.3 is 12.0 Å². The topological polar surface area (TPSA) is 108 Å². The molecule has 0 aliphatic carbocycles. The molecule has 0 saturated heterocycles. The first kappa shape index (κ1) is 14.8. The molecule has 1 heterocycles. The van der Waals surface area contributed by atoms with E-state index in [0.717, 1.165) is 10.1 Å². The van der Waals surface area contributed by atoms with Crippen molar-refractivity contribution in [1.29, 1.82) is 0 Å². The first-order valence-electron chi connectivity index (χ1n) is 6.05. The van der Waals surface area contributed by atoms with E-state index >= 15 is 0 Å². The van der Waals surface area contributed by atoms with Crippen molar-refractivity contribution < 1.29 is 19.5 Å². The fourth-order valence-corrected chi connectivity index (χ4v) is 2.39. The summed E-state index contributed by atoms with van der Waals surface area (Å²) in [5.74, 6) is -1.71. The number of carbonyl (C=O) groups excluding carboxylic acids is 2. The zero-order chi connectivity index (χ0) is 15.2. The molecule has 4 N–H and O–H groups in total. The Labute approximate surface area is 124 Å². The predicted molar refractivity (Wildman–Crippen MR) is 79.5 cm³/mol. The van der Waals surface area contributed by atoms with Crippen molar-refractivity contribution in [1.82, 2.24) is 10.6 Å². The zero-order valence-corrected chi connectivity index (χ0v) is 11.7. The van der Waals surface area contributed by atoms with Gasteiger partial charge in [-0.1, -0.05) is 0 Å². The Morgan fingerprint density at radius 2 is 1.90 bits per heavy atom. The Balaban J connectivity index is 1.81. The standard InChI is InChI=1S/C13H13N3O4S/c17-11(14-7-12(18)19)6-15-13(20)16-9-1-2-10-8(5-9)3-4-21-10/h1-5H,6-7H2,(H,14,17)(H,18,19)(H2,15,16,20). The second-order valence-corrected chi connectivity index (χ2v) is 5.10. The summed E-state index contributed by atoms with van der Waals surface area (Å²) in [6.07, 6.45) is 0. The number of thiophene rings is 1.